The van der Waals surface area contributed by atoms with Crippen molar-refractivity contribution < 1.29 is 14.7 Å². The molecule has 18 heavy (non-hydrogen) atoms. The monoisotopic (exact) mass is 255 g/mol. The van der Waals surface area contributed by atoms with Crippen molar-refractivity contribution in [3.8, 4) is 0 Å². The van der Waals surface area contributed by atoms with Gasteiger partial charge in [0.05, 0.1) is 0 Å². The molecule has 2 unspecified atom stereocenters. The fourth-order valence-electron chi connectivity index (χ4n) is 2.63. The molecule has 1 fully saturated rings. The van der Waals surface area contributed by atoms with Crippen molar-refractivity contribution in [3.63, 3.8) is 0 Å². The minimum Gasteiger partial charge on any atom is -0.480 e. The zero-order valence-electron chi connectivity index (χ0n) is 11.9. The molecule has 0 aromatic rings. The van der Waals surface area contributed by atoms with Crippen LogP contribution in [0.15, 0.2) is 0 Å². The van der Waals surface area contributed by atoms with Crippen molar-refractivity contribution in [2.75, 3.05) is 0 Å². The summed E-state index contributed by atoms with van der Waals surface area (Å²) in [5.74, 6) is -1.14. The summed E-state index contributed by atoms with van der Waals surface area (Å²) in [5, 5.41) is 11.9. The number of carbonyl (C=O) groups excluding carboxylic acids is 1. The Kier molecular flexibility index (Phi) is 4.41. The Bertz CT molecular complexity index is 338. The number of carbonyl (C=O) groups is 2. The second-order valence-corrected chi connectivity index (χ2v) is 6.27. The lowest BCUT2D eigenvalue weighted by molar-refractivity contribution is -0.149. The Morgan fingerprint density at radius 3 is 2.44 bits per heavy atom. The first-order chi connectivity index (χ1) is 8.23. The van der Waals surface area contributed by atoms with E-state index in [1.54, 1.807) is 13.8 Å². The number of hydrogen-bond donors (Lipinski definition) is 2. The van der Waals surface area contributed by atoms with E-state index in [1.807, 2.05) is 0 Å². The molecule has 0 aliphatic heterocycles. The lowest BCUT2D eigenvalue weighted by Crippen LogP contribution is -2.55. The highest BCUT2D eigenvalue weighted by atomic mass is 16.4. The van der Waals surface area contributed by atoms with Crippen LogP contribution in [0.1, 0.15) is 59.8 Å². The van der Waals surface area contributed by atoms with E-state index in [1.165, 1.54) is 0 Å². The molecule has 2 N–H and O–H groups in total. The van der Waals surface area contributed by atoms with Gasteiger partial charge in [-0.15, -0.1) is 0 Å². The fraction of sp³-hybridized carbons (Fsp3) is 0.857. The van der Waals surface area contributed by atoms with E-state index in [4.69, 9.17) is 0 Å². The van der Waals surface area contributed by atoms with E-state index in [0.717, 1.165) is 25.7 Å². The summed E-state index contributed by atoms with van der Waals surface area (Å²) < 4.78 is 0. The third-order valence-corrected chi connectivity index (χ3v) is 4.40. The van der Waals surface area contributed by atoms with E-state index < -0.39 is 11.5 Å². The molecular formula is C14H25NO3. The van der Waals surface area contributed by atoms with Crippen LogP contribution in [0, 0.1) is 11.3 Å². The van der Waals surface area contributed by atoms with Gasteiger partial charge in [0.1, 0.15) is 5.54 Å². The second kappa shape index (κ2) is 5.29. The van der Waals surface area contributed by atoms with Gasteiger partial charge >= 0.3 is 5.97 Å². The van der Waals surface area contributed by atoms with Gasteiger partial charge in [-0.2, -0.15) is 0 Å². The van der Waals surface area contributed by atoms with Crippen LogP contribution in [-0.4, -0.2) is 22.5 Å². The van der Waals surface area contributed by atoms with E-state index in [9.17, 15) is 14.7 Å². The van der Waals surface area contributed by atoms with Crippen LogP contribution in [0.2, 0.25) is 0 Å². The summed E-state index contributed by atoms with van der Waals surface area (Å²) in [6.07, 6.45) is 4.48. The van der Waals surface area contributed by atoms with Gasteiger partial charge < -0.3 is 10.4 Å². The maximum atomic E-state index is 12.3. The quantitative estimate of drug-likeness (QED) is 0.811. The molecule has 0 spiro atoms. The highest BCUT2D eigenvalue weighted by Gasteiger charge is 2.41. The fourth-order valence-corrected chi connectivity index (χ4v) is 2.63. The Balaban J connectivity index is 2.78. The van der Waals surface area contributed by atoms with Crippen LogP contribution < -0.4 is 5.32 Å². The van der Waals surface area contributed by atoms with Crippen molar-refractivity contribution in [2.24, 2.45) is 11.3 Å². The number of aliphatic carboxylic acids is 1. The molecule has 4 heteroatoms. The number of rotatable bonds is 4. The topological polar surface area (TPSA) is 66.4 Å². The third-order valence-electron chi connectivity index (χ3n) is 4.40. The molecule has 104 valence electrons. The minimum absolute atomic E-state index is 0.0323. The summed E-state index contributed by atoms with van der Waals surface area (Å²) in [4.78, 5) is 23.5. The second-order valence-electron chi connectivity index (χ2n) is 6.27. The number of carboxylic acids is 1. The van der Waals surface area contributed by atoms with Gasteiger partial charge in [0.25, 0.3) is 0 Å². The maximum absolute atomic E-state index is 12.3. The standard InChI is InChI=1S/C14H25NO3/c1-5-14(4,12(17)18)15-11(16)10-8-6-7-9-13(10,2)3/h10H,5-9H2,1-4H3,(H,15,16)(H,17,18). The van der Waals surface area contributed by atoms with Gasteiger partial charge in [-0.1, -0.05) is 33.6 Å². The lowest BCUT2D eigenvalue weighted by Gasteiger charge is -2.39. The Hall–Kier alpha value is -1.06. The predicted octanol–water partition coefficient (Wildman–Crippen LogP) is 2.57. The first-order valence-electron chi connectivity index (χ1n) is 6.78. The molecule has 1 aliphatic carbocycles. The van der Waals surface area contributed by atoms with Gasteiger partial charge in [-0.05, 0) is 31.6 Å². The number of amides is 1. The SMILES string of the molecule is CCC(C)(NC(=O)C1CCCCC1(C)C)C(=O)O. The molecular weight excluding hydrogens is 230 g/mol. The first kappa shape index (κ1) is 15.0. The highest BCUT2D eigenvalue weighted by Crippen LogP contribution is 2.40. The summed E-state index contributed by atoms with van der Waals surface area (Å²) in [5.41, 5.74) is -1.18. The molecule has 1 aliphatic rings. The third kappa shape index (κ3) is 3.03. The van der Waals surface area contributed by atoms with Crippen molar-refractivity contribution in [3.05, 3.63) is 0 Å². The van der Waals surface area contributed by atoms with Crippen LogP contribution >= 0.6 is 0 Å². The average Bonchev–Trinajstić information content (AvgIpc) is 2.27. The maximum Gasteiger partial charge on any atom is 0.329 e. The van der Waals surface area contributed by atoms with Gasteiger partial charge in [0, 0.05) is 5.92 Å². The number of nitrogens with one attached hydrogen (secondary N) is 1. The molecule has 0 heterocycles. The molecule has 4 nitrogen and oxygen atoms in total. The average molecular weight is 255 g/mol. The minimum atomic E-state index is -1.15. The van der Waals surface area contributed by atoms with Crippen LogP contribution in [0.3, 0.4) is 0 Å². The molecule has 0 bridgehead atoms. The number of hydrogen-bond acceptors (Lipinski definition) is 2. The normalized spacial score (nSPS) is 26.1. The van der Waals surface area contributed by atoms with Gasteiger partial charge in [-0.25, -0.2) is 4.79 Å². The Morgan fingerprint density at radius 2 is 2.00 bits per heavy atom. The summed E-state index contributed by atoms with van der Waals surface area (Å²) in [6.45, 7) is 7.55. The summed E-state index contributed by atoms with van der Waals surface area (Å²) >= 11 is 0. The number of carboxylic acid groups (broad SMARTS) is 1. The van der Waals surface area contributed by atoms with E-state index >= 15 is 0 Å². The molecule has 1 amide bonds. The van der Waals surface area contributed by atoms with Crippen molar-refractivity contribution >= 4 is 11.9 Å². The molecule has 1 saturated carbocycles. The molecule has 2 atom stereocenters. The van der Waals surface area contributed by atoms with Crippen LogP contribution in [0.5, 0.6) is 0 Å². The Morgan fingerprint density at radius 1 is 1.39 bits per heavy atom. The zero-order chi connectivity index (χ0) is 14.0. The zero-order valence-corrected chi connectivity index (χ0v) is 11.9. The van der Waals surface area contributed by atoms with Crippen LogP contribution in [0.4, 0.5) is 0 Å². The molecule has 0 aromatic heterocycles. The van der Waals surface area contributed by atoms with E-state index in [0.29, 0.717) is 6.42 Å². The van der Waals surface area contributed by atoms with Crippen molar-refractivity contribution in [2.45, 2.75) is 65.3 Å². The molecule has 0 saturated heterocycles. The lowest BCUT2D eigenvalue weighted by atomic mass is 9.68. The van der Waals surface area contributed by atoms with Gasteiger partial charge in [0.15, 0.2) is 0 Å². The first-order valence-corrected chi connectivity index (χ1v) is 6.78. The predicted molar refractivity (Wildman–Crippen MR) is 70.2 cm³/mol. The summed E-state index contributed by atoms with van der Waals surface area (Å²) in [7, 11) is 0. The van der Waals surface area contributed by atoms with Crippen LogP contribution in [0.25, 0.3) is 0 Å². The van der Waals surface area contributed by atoms with Crippen molar-refractivity contribution in [1.82, 2.24) is 5.32 Å². The van der Waals surface area contributed by atoms with Gasteiger partial charge in [0.2, 0.25) is 5.91 Å². The van der Waals surface area contributed by atoms with Crippen LogP contribution in [-0.2, 0) is 9.59 Å². The van der Waals surface area contributed by atoms with E-state index in [2.05, 4.69) is 19.2 Å². The smallest absolute Gasteiger partial charge is 0.329 e. The van der Waals surface area contributed by atoms with Crippen molar-refractivity contribution in [1.29, 1.82) is 0 Å². The largest absolute Gasteiger partial charge is 0.480 e. The molecule has 1 rings (SSSR count). The highest BCUT2D eigenvalue weighted by molar-refractivity contribution is 5.88. The van der Waals surface area contributed by atoms with Gasteiger partial charge in [-0.3, -0.25) is 4.79 Å². The summed E-state index contributed by atoms with van der Waals surface area (Å²) in [6, 6.07) is 0. The van der Waals surface area contributed by atoms with E-state index in [-0.39, 0.29) is 17.2 Å². The molecule has 0 aromatic carbocycles. The molecule has 0 radical (unpaired) electrons. The Labute approximate surface area is 109 Å².